The molecular weight excluding hydrogens is 272 g/mol. The van der Waals surface area contributed by atoms with Crippen LogP contribution in [0.15, 0.2) is 12.1 Å². The lowest BCUT2D eigenvalue weighted by molar-refractivity contribution is -0.385. The maximum Gasteiger partial charge on any atom is 0.277 e. The SMILES string of the molecule is COc1cc(CN2CCC(C)CC2)c([N+](=O)[O-])cc1OC. The molecule has 6 heteroatoms. The number of nitro benzene ring substituents is 1. The topological polar surface area (TPSA) is 64.8 Å². The summed E-state index contributed by atoms with van der Waals surface area (Å²) in [5.41, 5.74) is 0.762. The van der Waals surface area contributed by atoms with E-state index in [0.717, 1.165) is 31.8 Å². The second-order valence-electron chi connectivity index (χ2n) is 5.55. The van der Waals surface area contributed by atoms with Crippen molar-refractivity contribution in [1.29, 1.82) is 0 Å². The van der Waals surface area contributed by atoms with E-state index in [0.29, 0.717) is 23.6 Å². The molecule has 1 aromatic carbocycles. The van der Waals surface area contributed by atoms with E-state index < -0.39 is 0 Å². The van der Waals surface area contributed by atoms with Gasteiger partial charge in [0.1, 0.15) is 0 Å². The summed E-state index contributed by atoms with van der Waals surface area (Å²) in [4.78, 5) is 13.2. The van der Waals surface area contributed by atoms with Crippen molar-refractivity contribution >= 4 is 5.69 Å². The maximum absolute atomic E-state index is 11.3. The number of piperidine rings is 1. The zero-order chi connectivity index (χ0) is 15.4. The number of hydrogen-bond acceptors (Lipinski definition) is 5. The number of ether oxygens (including phenoxy) is 2. The van der Waals surface area contributed by atoms with E-state index >= 15 is 0 Å². The van der Waals surface area contributed by atoms with Crippen LogP contribution in [0.2, 0.25) is 0 Å². The first-order valence-electron chi connectivity index (χ1n) is 7.16. The van der Waals surface area contributed by atoms with Gasteiger partial charge in [0, 0.05) is 12.1 Å². The third-order valence-corrected chi connectivity index (χ3v) is 4.05. The smallest absolute Gasteiger partial charge is 0.277 e. The third-order valence-electron chi connectivity index (χ3n) is 4.05. The number of nitro groups is 1. The van der Waals surface area contributed by atoms with E-state index in [1.807, 2.05) is 0 Å². The second-order valence-corrected chi connectivity index (χ2v) is 5.55. The highest BCUT2D eigenvalue weighted by atomic mass is 16.6. The Balaban J connectivity index is 2.26. The van der Waals surface area contributed by atoms with E-state index in [-0.39, 0.29) is 10.6 Å². The molecule has 1 heterocycles. The van der Waals surface area contributed by atoms with Gasteiger partial charge >= 0.3 is 0 Å². The van der Waals surface area contributed by atoms with Gasteiger partial charge in [0.25, 0.3) is 5.69 Å². The number of rotatable bonds is 5. The molecule has 0 unspecified atom stereocenters. The molecule has 116 valence electrons. The fraction of sp³-hybridized carbons (Fsp3) is 0.600. The monoisotopic (exact) mass is 294 g/mol. The maximum atomic E-state index is 11.3. The Hall–Kier alpha value is -1.82. The van der Waals surface area contributed by atoms with Crippen LogP contribution >= 0.6 is 0 Å². The summed E-state index contributed by atoms with van der Waals surface area (Å²) in [5, 5.41) is 11.3. The fourth-order valence-electron chi connectivity index (χ4n) is 2.67. The first-order valence-corrected chi connectivity index (χ1v) is 7.16. The molecule has 0 aromatic heterocycles. The van der Waals surface area contributed by atoms with Crippen LogP contribution in [0.3, 0.4) is 0 Å². The van der Waals surface area contributed by atoms with Crippen molar-refractivity contribution in [2.24, 2.45) is 5.92 Å². The molecule has 1 aliphatic heterocycles. The van der Waals surface area contributed by atoms with E-state index in [1.165, 1.54) is 20.3 Å². The summed E-state index contributed by atoms with van der Waals surface area (Å²) in [6, 6.07) is 3.16. The van der Waals surface area contributed by atoms with Gasteiger partial charge in [-0.05, 0) is 37.9 Å². The van der Waals surface area contributed by atoms with Crippen molar-refractivity contribution in [3.63, 3.8) is 0 Å². The molecule has 1 aromatic rings. The summed E-state index contributed by atoms with van der Waals surface area (Å²) in [6.45, 7) is 4.78. The van der Waals surface area contributed by atoms with Gasteiger partial charge in [0.05, 0.1) is 25.2 Å². The predicted octanol–water partition coefficient (Wildman–Crippen LogP) is 2.84. The first-order chi connectivity index (χ1) is 10.0. The van der Waals surface area contributed by atoms with Crippen molar-refractivity contribution in [1.82, 2.24) is 4.90 Å². The van der Waals surface area contributed by atoms with Gasteiger partial charge in [0.15, 0.2) is 11.5 Å². The number of nitrogens with zero attached hydrogens (tertiary/aromatic N) is 2. The molecule has 0 radical (unpaired) electrons. The van der Waals surface area contributed by atoms with Crippen LogP contribution in [0.4, 0.5) is 5.69 Å². The molecule has 1 fully saturated rings. The zero-order valence-electron chi connectivity index (χ0n) is 12.8. The Morgan fingerprint density at radius 1 is 1.24 bits per heavy atom. The molecule has 1 aliphatic rings. The number of hydrogen-bond donors (Lipinski definition) is 0. The van der Waals surface area contributed by atoms with E-state index in [2.05, 4.69) is 11.8 Å². The van der Waals surface area contributed by atoms with Gasteiger partial charge in [-0.1, -0.05) is 6.92 Å². The Kier molecular flexibility index (Phi) is 5.01. The van der Waals surface area contributed by atoms with Crippen molar-refractivity contribution in [3.8, 4) is 11.5 Å². The molecule has 0 bridgehead atoms. The molecule has 1 saturated heterocycles. The molecule has 0 aliphatic carbocycles. The third kappa shape index (κ3) is 3.64. The Morgan fingerprint density at radius 2 is 1.81 bits per heavy atom. The molecular formula is C15H22N2O4. The molecule has 2 rings (SSSR count). The van der Waals surface area contributed by atoms with Gasteiger partial charge in [-0.2, -0.15) is 0 Å². The summed E-state index contributed by atoms with van der Waals surface area (Å²) in [6.07, 6.45) is 2.28. The predicted molar refractivity (Wildman–Crippen MR) is 79.9 cm³/mol. The minimum Gasteiger partial charge on any atom is -0.493 e. The normalized spacial score (nSPS) is 16.7. The lowest BCUT2D eigenvalue weighted by atomic mass is 9.98. The lowest BCUT2D eigenvalue weighted by Gasteiger charge is -2.30. The summed E-state index contributed by atoms with van der Waals surface area (Å²) in [5.74, 6) is 1.66. The highest BCUT2D eigenvalue weighted by molar-refractivity contribution is 5.54. The molecule has 0 amide bonds. The Labute approximate surface area is 124 Å². The van der Waals surface area contributed by atoms with E-state index in [1.54, 1.807) is 6.07 Å². The second kappa shape index (κ2) is 6.76. The van der Waals surface area contributed by atoms with Gasteiger partial charge in [-0.25, -0.2) is 0 Å². The average molecular weight is 294 g/mol. The number of likely N-dealkylation sites (tertiary alicyclic amines) is 1. The van der Waals surface area contributed by atoms with Gasteiger partial charge < -0.3 is 9.47 Å². The molecule has 0 atom stereocenters. The molecule has 21 heavy (non-hydrogen) atoms. The van der Waals surface area contributed by atoms with Gasteiger partial charge in [-0.3, -0.25) is 15.0 Å². The largest absolute Gasteiger partial charge is 0.493 e. The van der Waals surface area contributed by atoms with Crippen LogP contribution in [-0.4, -0.2) is 37.1 Å². The summed E-state index contributed by atoms with van der Waals surface area (Å²) in [7, 11) is 3.02. The highest BCUT2D eigenvalue weighted by Crippen LogP contribution is 2.35. The van der Waals surface area contributed by atoms with Crippen LogP contribution in [-0.2, 0) is 6.54 Å². The Morgan fingerprint density at radius 3 is 2.33 bits per heavy atom. The molecule has 6 nitrogen and oxygen atoms in total. The average Bonchev–Trinajstić information content (AvgIpc) is 2.48. The van der Waals surface area contributed by atoms with E-state index in [4.69, 9.17) is 9.47 Å². The van der Waals surface area contributed by atoms with Gasteiger partial charge in [-0.15, -0.1) is 0 Å². The zero-order valence-corrected chi connectivity index (χ0v) is 12.8. The van der Waals surface area contributed by atoms with Crippen molar-refractivity contribution in [2.75, 3.05) is 27.3 Å². The Bertz CT molecular complexity index is 511. The van der Waals surface area contributed by atoms with Crippen LogP contribution in [0.5, 0.6) is 11.5 Å². The van der Waals surface area contributed by atoms with Crippen molar-refractivity contribution < 1.29 is 14.4 Å². The van der Waals surface area contributed by atoms with Crippen LogP contribution < -0.4 is 9.47 Å². The quantitative estimate of drug-likeness (QED) is 0.617. The minimum absolute atomic E-state index is 0.0891. The summed E-state index contributed by atoms with van der Waals surface area (Å²) < 4.78 is 10.4. The standard InChI is InChI=1S/C15H22N2O4/c1-11-4-6-16(7-5-11)10-12-8-14(20-2)15(21-3)9-13(12)17(18)19/h8-9,11H,4-7,10H2,1-3H3. The summed E-state index contributed by atoms with van der Waals surface area (Å²) >= 11 is 0. The molecule has 0 saturated carbocycles. The minimum atomic E-state index is -0.357. The first kappa shape index (κ1) is 15.6. The number of benzene rings is 1. The molecule has 0 N–H and O–H groups in total. The van der Waals surface area contributed by atoms with Crippen molar-refractivity contribution in [3.05, 3.63) is 27.8 Å². The number of methoxy groups -OCH3 is 2. The van der Waals surface area contributed by atoms with Crippen LogP contribution in [0.1, 0.15) is 25.3 Å². The van der Waals surface area contributed by atoms with E-state index in [9.17, 15) is 10.1 Å². The van der Waals surface area contributed by atoms with Crippen LogP contribution in [0, 0.1) is 16.0 Å². The lowest BCUT2D eigenvalue weighted by Crippen LogP contribution is -2.32. The van der Waals surface area contributed by atoms with Crippen LogP contribution in [0.25, 0.3) is 0 Å². The highest BCUT2D eigenvalue weighted by Gasteiger charge is 2.23. The fourth-order valence-corrected chi connectivity index (χ4v) is 2.67. The molecule has 0 spiro atoms. The van der Waals surface area contributed by atoms with Crippen molar-refractivity contribution in [2.45, 2.75) is 26.3 Å². The van der Waals surface area contributed by atoms with Gasteiger partial charge in [0.2, 0.25) is 0 Å².